The van der Waals surface area contributed by atoms with Crippen LogP contribution in [-0.2, 0) is 9.59 Å². The molecule has 1 heterocycles. The number of aliphatic carboxylic acids is 1. The lowest BCUT2D eigenvalue weighted by Crippen LogP contribution is -2.30. The number of amides is 2. The Balaban J connectivity index is 2.07. The van der Waals surface area contributed by atoms with E-state index in [1.165, 1.54) is 6.42 Å². The van der Waals surface area contributed by atoms with Gasteiger partial charge < -0.3 is 21.1 Å². The molecule has 25 heavy (non-hydrogen) atoms. The Morgan fingerprint density at radius 1 is 1.08 bits per heavy atom. The first kappa shape index (κ1) is 18.8. The van der Waals surface area contributed by atoms with Crippen molar-refractivity contribution in [3.05, 3.63) is 23.8 Å². The Bertz CT molecular complexity index is 639. The van der Waals surface area contributed by atoms with Gasteiger partial charge in [0.25, 0.3) is 0 Å². The first-order chi connectivity index (χ1) is 12.0. The molecule has 2 rings (SSSR count). The Labute approximate surface area is 147 Å². The Morgan fingerprint density at radius 3 is 2.40 bits per heavy atom. The molecule has 1 aromatic rings. The minimum absolute atomic E-state index is 0.0590. The van der Waals surface area contributed by atoms with Crippen LogP contribution in [0.4, 0.5) is 11.4 Å². The summed E-state index contributed by atoms with van der Waals surface area (Å²) in [6, 6.07) is 5.11. The molecule has 1 aliphatic rings. The molecule has 0 aliphatic carbocycles. The van der Waals surface area contributed by atoms with Gasteiger partial charge in [-0.05, 0) is 50.3 Å². The van der Waals surface area contributed by atoms with E-state index in [9.17, 15) is 14.4 Å². The maximum absolute atomic E-state index is 12.2. The molecule has 1 aliphatic heterocycles. The van der Waals surface area contributed by atoms with Gasteiger partial charge in [-0.25, -0.2) is 0 Å². The van der Waals surface area contributed by atoms with Gasteiger partial charge in [-0.15, -0.1) is 0 Å². The number of benzene rings is 1. The number of rotatable bonds is 8. The molecule has 0 spiro atoms. The van der Waals surface area contributed by atoms with Crippen LogP contribution in [0.5, 0.6) is 0 Å². The van der Waals surface area contributed by atoms with E-state index in [-0.39, 0.29) is 18.7 Å². The maximum Gasteiger partial charge on any atom is 0.303 e. The third-order valence-electron chi connectivity index (χ3n) is 4.30. The fourth-order valence-corrected chi connectivity index (χ4v) is 2.97. The summed E-state index contributed by atoms with van der Waals surface area (Å²) in [7, 11) is 0. The number of hydrogen-bond acceptors (Lipinski definition) is 4. The molecule has 0 saturated carbocycles. The van der Waals surface area contributed by atoms with Gasteiger partial charge in [0.2, 0.25) is 11.8 Å². The molecule has 0 aromatic heterocycles. The van der Waals surface area contributed by atoms with E-state index in [2.05, 4.69) is 10.2 Å². The van der Waals surface area contributed by atoms with E-state index < -0.39 is 11.9 Å². The van der Waals surface area contributed by atoms with Gasteiger partial charge in [0, 0.05) is 31.5 Å². The maximum atomic E-state index is 12.2. The second-order valence-corrected chi connectivity index (χ2v) is 6.29. The summed E-state index contributed by atoms with van der Waals surface area (Å²) < 4.78 is 0. The highest BCUT2D eigenvalue weighted by molar-refractivity contribution is 5.99. The van der Waals surface area contributed by atoms with E-state index in [1.54, 1.807) is 12.1 Å². The number of nitrogens with one attached hydrogen (secondary N) is 1. The molecule has 1 saturated heterocycles. The largest absolute Gasteiger partial charge is 0.481 e. The van der Waals surface area contributed by atoms with Crippen LogP contribution >= 0.6 is 0 Å². The van der Waals surface area contributed by atoms with Gasteiger partial charge in [0.05, 0.1) is 11.4 Å². The van der Waals surface area contributed by atoms with Gasteiger partial charge in [0.1, 0.15) is 0 Å². The number of carboxylic acids is 1. The number of anilines is 2. The van der Waals surface area contributed by atoms with Crippen molar-refractivity contribution < 1.29 is 19.5 Å². The zero-order valence-corrected chi connectivity index (χ0v) is 14.3. The van der Waals surface area contributed by atoms with E-state index in [1.807, 2.05) is 6.07 Å². The van der Waals surface area contributed by atoms with Crippen LogP contribution in [0.25, 0.3) is 0 Å². The van der Waals surface area contributed by atoms with Gasteiger partial charge in [-0.3, -0.25) is 14.4 Å². The number of carbonyl (C=O) groups excluding carboxylic acids is 2. The quantitative estimate of drug-likeness (QED) is 0.625. The minimum Gasteiger partial charge on any atom is -0.481 e. The highest BCUT2D eigenvalue weighted by Gasteiger charge is 2.17. The summed E-state index contributed by atoms with van der Waals surface area (Å²) in [5, 5.41) is 11.5. The molecule has 0 unspecified atom stereocenters. The SMILES string of the molecule is NC(=O)c1ccc(N2CCCCC2)c(NC(=O)CCCCC(=O)O)c1. The lowest BCUT2D eigenvalue weighted by atomic mass is 10.1. The van der Waals surface area contributed by atoms with E-state index in [0.29, 0.717) is 24.1 Å². The molecule has 0 atom stereocenters. The highest BCUT2D eigenvalue weighted by Crippen LogP contribution is 2.30. The predicted octanol–water partition coefficient (Wildman–Crippen LogP) is 2.36. The van der Waals surface area contributed by atoms with Crippen LogP contribution in [0.15, 0.2) is 18.2 Å². The first-order valence-corrected chi connectivity index (χ1v) is 8.68. The number of piperidine rings is 1. The second-order valence-electron chi connectivity index (χ2n) is 6.29. The van der Waals surface area contributed by atoms with Crippen molar-refractivity contribution in [1.82, 2.24) is 0 Å². The molecule has 7 nitrogen and oxygen atoms in total. The van der Waals surface area contributed by atoms with Gasteiger partial charge in [-0.1, -0.05) is 0 Å². The molecule has 0 radical (unpaired) electrons. The van der Waals surface area contributed by atoms with Gasteiger partial charge in [0.15, 0.2) is 0 Å². The van der Waals surface area contributed by atoms with Crippen LogP contribution in [0, 0.1) is 0 Å². The fourth-order valence-electron chi connectivity index (χ4n) is 2.97. The van der Waals surface area contributed by atoms with Crippen molar-refractivity contribution in [3.63, 3.8) is 0 Å². The van der Waals surface area contributed by atoms with Crippen LogP contribution in [0.2, 0.25) is 0 Å². The molecule has 7 heteroatoms. The molecule has 2 amide bonds. The zero-order valence-electron chi connectivity index (χ0n) is 14.3. The lowest BCUT2D eigenvalue weighted by Gasteiger charge is -2.30. The summed E-state index contributed by atoms with van der Waals surface area (Å²) in [5.41, 5.74) is 7.17. The Hall–Kier alpha value is -2.57. The fraction of sp³-hybridized carbons (Fsp3) is 0.500. The molecule has 1 aromatic carbocycles. The van der Waals surface area contributed by atoms with Gasteiger partial charge in [-0.2, -0.15) is 0 Å². The summed E-state index contributed by atoms with van der Waals surface area (Å²) in [6.45, 7) is 1.83. The van der Waals surface area contributed by atoms with Crippen LogP contribution < -0.4 is 16.0 Å². The van der Waals surface area contributed by atoms with Crippen LogP contribution in [-0.4, -0.2) is 36.0 Å². The van der Waals surface area contributed by atoms with Crippen molar-refractivity contribution in [2.45, 2.75) is 44.9 Å². The molecule has 136 valence electrons. The second kappa shape index (κ2) is 9.05. The molecule has 0 bridgehead atoms. The minimum atomic E-state index is -0.859. The third kappa shape index (κ3) is 5.77. The number of nitrogens with two attached hydrogens (primary N) is 1. The molecular formula is C18H25N3O4. The number of carbonyl (C=O) groups is 3. The normalized spacial score (nSPS) is 14.2. The van der Waals surface area contributed by atoms with Gasteiger partial charge >= 0.3 is 5.97 Å². The first-order valence-electron chi connectivity index (χ1n) is 8.68. The number of unbranched alkanes of at least 4 members (excludes halogenated alkanes) is 1. The predicted molar refractivity (Wildman–Crippen MR) is 95.8 cm³/mol. The van der Waals surface area contributed by atoms with Crippen molar-refractivity contribution >= 4 is 29.2 Å². The molecule has 4 N–H and O–H groups in total. The number of nitrogens with zero attached hydrogens (tertiary/aromatic N) is 1. The Morgan fingerprint density at radius 2 is 1.76 bits per heavy atom. The van der Waals surface area contributed by atoms with Crippen LogP contribution in [0.1, 0.15) is 55.3 Å². The average molecular weight is 347 g/mol. The summed E-state index contributed by atoms with van der Waals surface area (Å²) >= 11 is 0. The number of carboxylic acid groups (broad SMARTS) is 1. The zero-order chi connectivity index (χ0) is 18.2. The summed E-state index contributed by atoms with van der Waals surface area (Å²) in [4.78, 5) is 36.3. The smallest absolute Gasteiger partial charge is 0.303 e. The average Bonchev–Trinajstić information content (AvgIpc) is 2.59. The monoisotopic (exact) mass is 347 g/mol. The van der Waals surface area contributed by atoms with E-state index in [4.69, 9.17) is 10.8 Å². The number of primary amides is 1. The highest BCUT2D eigenvalue weighted by atomic mass is 16.4. The number of hydrogen-bond donors (Lipinski definition) is 3. The third-order valence-corrected chi connectivity index (χ3v) is 4.30. The standard InChI is InChI=1S/C18H25N3O4/c19-18(25)13-8-9-15(21-10-4-1-5-11-21)14(12-13)20-16(22)6-2-3-7-17(23)24/h8-9,12H,1-7,10-11H2,(H2,19,25)(H,20,22)(H,23,24). The van der Waals surface area contributed by atoms with E-state index in [0.717, 1.165) is 31.6 Å². The lowest BCUT2D eigenvalue weighted by molar-refractivity contribution is -0.137. The van der Waals surface area contributed by atoms with Crippen molar-refractivity contribution in [2.75, 3.05) is 23.3 Å². The Kier molecular flexibility index (Phi) is 6.80. The molecular weight excluding hydrogens is 322 g/mol. The van der Waals surface area contributed by atoms with Crippen molar-refractivity contribution in [3.8, 4) is 0 Å². The summed E-state index contributed by atoms with van der Waals surface area (Å²) in [6.07, 6.45) is 4.66. The van der Waals surface area contributed by atoms with Crippen LogP contribution in [0.3, 0.4) is 0 Å². The topological polar surface area (TPSA) is 113 Å². The van der Waals surface area contributed by atoms with E-state index >= 15 is 0 Å². The van der Waals surface area contributed by atoms with Crippen molar-refractivity contribution in [2.24, 2.45) is 5.73 Å². The molecule has 1 fully saturated rings. The van der Waals surface area contributed by atoms with Crippen molar-refractivity contribution in [1.29, 1.82) is 0 Å². The summed E-state index contributed by atoms with van der Waals surface area (Å²) in [5.74, 6) is -1.59.